The number of rotatable bonds is 2. The molecule has 5 heteroatoms. The van der Waals surface area contributed by atoms with E-state index in [2.05, 4.69) is 16.8 Å². The lowest BCUT2D eigenvalue weighted by Crippen LogP contribution is -2.36. The summed E-state index contributed by atoms with van der Waals surface area (Å²) in [7, 11) is 0. The molecule has 0 saturated carbocycles. The van der Waals surface area contributed by atoms with E-state index in [0.29, 0.717) is 4.71 Å². The lowest BCUT2D eigenvalue weighted by molar-refractivity contribution is 0.592. The Balaban J connectivity index is 2.14. The fraction of sp³-hybridized carbons (Fsp3) is 0.600. The summed E-state index contributed by atoms with van der Waals surface area (Å²) >= 11 is 3.29. The van der Waals surface area contributed by atoms with Crippen LogP contribution in [0.2, 0.25) is 0 Å². The predicted molar refractivity (Wildman–Crippen MR) is 46.9 cm³/mol. The van der Waals surface area contributed by atoms with Crippen LogP contribution in [0.3, 0.4) is 0 Å². The van der Waals surface area contributed by atoms with E-state index < -0.39 is 0 Å². The number of terminal acetylenes is 1. The van der Waals surface area contributed by atoms with Gasteiger partial charge in [-0.2, -0.15) is 0 Å². The van der Waals surface area contributed by atoms with Crippen LogP contribution in [-0.2, 0) is 0 Å². The molecule has 1 saturated heterocycles. The van der Waals surface area contributed by atoms with Gasteiger partial charge in [-0.25, -0.2) is 10.9 Å². The molecule has 1 fully saturated rings. The zero-order valence-electron chi connectivity index (χ0n) is 5.33. The van der Waals surface area contributed by atoms with Crippen molar-refractivity contribution in [2.75, 3.05) is 5.75 Å². The van der Waals surface area contributed by atoms with Crippen LogP contribution >= 0.6 is 23.5 Å². The summed E-state index contributed by atoms with van der Waals surface area (Å²) in [6, 6.07) is 0. The SMILES string of the molecule is C#CCSC1NNC(N)S1. The van der Waals surface area contributed by atoms with Gasteiger partial charge in [0.1, 0.15) is 10.2 Å². The third-order valence-corrected chi connectivity index (χ3v) is 3.20. The fourth-order valence-electron chi connectivity index (χ4n) is 0.556. The minimum absolute atomic E-state index is 0.00438. The molecule has 0 aromatic rings. The van der Waals surface area contributed by atoms with Crippen LogP contribution < -0.4 is 16.6 Å². The molecule has 0 aromatic carbocycles. The molecule has 1 rings (SSSR count). The molecule has 0 spiro atoms. The van der Waals surface area contributed by atoms with Gasteiger partial charge in [-0.3, -0.25) is 0 Å². The van der Waals surface area contributed by atoms with E-state index in [0.717, 1.165) is 5.75 Å². The highest BCUT2D eigenvalue weighted by atomic mass is 32.2. The predicted octanol–water partition coefficient (Wildman–Crippen LogP) is -0.280. The van der Waals surface area contributed by atoms with Crippen LogP contribution in [0.5, 0.6) is 0 Å². The van der Waals surface area contributed by atoms with Gasteiger partial charge in [0.2, 0.25) is 0 Å². The minimum atomic E-state index is -0.00438. The average Bonchev–Trinajstić information content (AvgIpc) is 2.31. The second kappa shape index (κ2) is 4.11. The maximum absolute atomic E-state index is 5.52. The molecule has 0 amide bonds. The summed E-state index contributed by atoms with van der Waals surface area (Å²) in [6.07, 6.45) is 5.08. The van der Waals surface area contributed by atoms with Crippen molar-refractivity contribution in [3.05, 3.63) is 0 Å². The minimum Gasteiger partial charge on any atom is -0.306 e. The van der Waals surface area contributed by atoms with E-state index in [-0.39, 0.29) is 5.50 Å². The highest BCUT2D eigenvalue weighted by molar-refractivity contribution is 8.17. The van der Waals surface area contributed by atoms with E-state index >= 15 is 0 Å². The number of thioether (sulfide) groups is 2. The maximum Gasteiger partial charge on any atom is 0.118 e. The average molecular weight is 175 g/mol. The van der Waals surface area contributed by atoms with Crippen molar-refractivity contribution in [3.63, 3.8) is 0 Å². The lowest BCUT2D eigenvalue weighted by atomic mass is 10.8. The largest absolute Gasteiger partial charge is 0.306 e. The van der Waals surface area contributed by atoms with Crippen LogP contribution in [-0.4, -0.2) is 16.0 Å². The van der Waals surface area contributed by atoms with Crippen molar-refractivity contribution in [1.29, 1.82) is 0 Å². The second-order valence-electron chi connectivity index (χ2n) is 1.69. The van der Waals surface area contributed by atoms with Crippen molar-refractivity contribution >= 4 is 23.5 Å². The molecule has 10 heavy (non-hydrogen) atoms. The van der Waals surface area contributed by atoms with Crippen LogP contribution in [0.1, 0.15) is 0 Å². The fourth-order valence-corrected chi connectivity index (χ4v) is 2.37. The Morgan fingerprint density at radius 3 is 3.00 bits per heavy atom. The molecule has 0 aliphatic carbocycles. The molecule has 0 aromatic heterocycles. The Labute approximate surface area is 68.8 Å². The summed E-state index contributed by atoms with van der Waals surface area (Å²) in [5.74, 6) is 3.27. The standard InChI is InChI=1S/C5H9N3S2/c1-2-3-9-5-8-7-4(6)10-5/h1,4-5,7-8H,3,6H2. The van der Waals surface area contributed by atoms with Gasteiger partial charge in [-0.05, 0) is 0 Å². The normalized spacial score (nSPS) is 32.0. The molecule has 0 bridgehead atoms. The third-order valence-electron chi connectivity index (χ3n) is 0.932. The van der Waals surface area contributed by atoms with Crippen molar-refractivity contribution in [2.24, 2.45) is 5.73 Å². The van der Waals surface area contributed by atoms with E-state index in [4.69, 9.17) is 12.2 Å². The van der Waals surface area contributed by atoms with Gasteiger partial charge in [0.25, 0.3) is 0 Å². The molecular weight excluding hydrogens is 166 g/mol. The summed E-state index contributed by atoms with van der Waals surface area (Å²) in [5, 5.41) is 0. The zero-order chi connectivity index (χ0) is 7.40. The van der Waals surface area contributed by atoms with Crippen molar-refractivity contribution in [2.45, 2.75) is 10.2 Å². The molecule has 56 valence electrons. The highest BCUT2D eigenvalue weighted by Crippen LogP contribution is 2.24. The Morgan fingerprint density at radius 2 is 2.50 bits per heavy atom. The lowest BCUT2D eigenvalue weighted by Gasteiger charge is -2.03. The Morgan fingerprint density at radius 1 is 1.70 bits per heavy atom. The molecule has 4 N–H and O–H groups in total. The van der Waals surface area contributed by atoms with Gasteiger partial charge in [0, 0.05) is 0 Å². The first-order chi connectivity index (χ1) is 4.83. The third kappa shape index (κ3) is 2.40. The first-order valence-electron chi connectivity index (χ1n) is 2.80. The molecule has 1 aliphatic heterocycles. The first-order valence-corrected chi connectivity index (χ1v) is 4.79. The molecule has 1 heterocycles. The van der Waals surface area contributed by atoms with E-state index in [1.807, 2.05) is 0 Å². The van der Waals surface area contributed by atoms with E-state index in [1.54, 1.807) is 23.5 Å². The summed E-state index contributed by atoms with van der Waals surface area (Å²) < 4.78 is 0.297. The number of nitrogens with two attached hydrogens (primary N) is 1. The first kappa shape index (κ1) is 8.24. The highest BCUT2D eigenvalue weighted by Gasteiger charge is 2.20. The van der Waals surface area contributed by atoms with Crippen molar-refractivity contribution in [1.82, 2.24) is 10.9 Å². The van der Waals surface area contributed by atoms with E-state index in [9.17, 15) is 0 Å². The number of nitrogens with one attached hydrogen (secondary N) is 2. The topological polar surface area (TPSA) is 50.1 Å². The number of hydrogen-bond acceptors (Lipinski definition) is 5. The van der Waals surface area contributed by atoms with Crippen LogP contribution in [0.4, 0.5) is 0 Å². The molecule has 1 aliphatic rings. The molecule has 3 nitrogen and oxygen atoms in total. The maximum atomic E-state index is 5.52. The number of hydrazine groups is 1. The molecular formula is C5H9N3S2. The Kier molecular flexibility index (Phi) is 3.39. The number of hydrogen-bond donors (Lipinski definition) is 3. The smallest absolute Gasteiger partial charge is 0.118 e. The van der Waals surface area contributed by atoms with Gasteiger partial charge in [0.05, 0.1) is 5.75 Å². The summed E-state index contributed by atoms with van der Waals surface area (Å²) in [5.41, 5.74) is 11.4. The molecule has 0 radical (unpaired) electrons. The van der Waals surface area contributed by atoms with Gasteiger partial charge >= 0.3 is 0 Å². The molecule has 2 unspecified atom stereocenters. The van der Waals surface area contributed by atoms with E-state index in [1.165, 1.54) is 0 Å². The Bertz CT molecular complexity index is 144. The van der Waals surface area contributed by atoms with Crippen LogP contribution in [0.15, 0.2) is 0 Å². The van der Waals surface area contributed by atoms with Gasteiger partial charge in [0.15, 0.2) is 0 Å². The zero-order valence-corrected chi connectivity index (χ0v) is 6.97. The summed E-state index contributed by atoms with van der Waals surface area (Å²) in [6.45, 7) is 0. The summed E-state index contributed by atoms with van der Waals surface area (Å²) in [4.78, 5) is 0. The van der Waals surface area contributed by atoms with Crippen molar-refractivity contribution < 1.29 is 0 Å². The Hall–Kier alpha value is 0.140. The second-order valence-corrected chi connectivity index (χ2v) is 4.34. The van der Waals surface area contributed by atoms with Gasteiger partial charge in [-0.1, -0.05) is 17.7 Å². The quantitative estimate of drug-likeness (QED) is 0.504. The monoisotopic (exact) mass is 175 g/mol. The van der Waals surface area contributed by atoms with Crippen LogP contribution in [0.25, 0.3) is 0 Å². The van der Waals surface area contributed by atoms with Gasteiger partial charge < -0.3 is 5.73 Å². The molecule has 2 atom stereocenters. The van der Waals surface area contributed by atoms with Crippen molar-refractivity contribution in [3.8, 4) is 12.3 Å². The van der Waals surface area contributed by atoms with Crippen LogP contribution in [0, 0.1) is 12.3 Å². The van der Waals surface area contributed by atoms with Gasteiger partial charge in [-0.15, -0.1) is 18.2 Å².